The second-order valence-electron chi connectivity index (χ2n) is 10.5. The lowest BCUT2D eigenvalue weighted by atomic mass is 9.71. The third-order valence-corrected chi connectivity index (χ3v) is 8.30. The molecule has 1 unspecified atom stereocenters. The highest BCUT2D eigenvalue weighted by Crippen LogP contribution is 2.45. The minimum absolute atomic E-state index is 0.0531. The minimum atomic E-state index is -4.80. The Morgan fingerprint density at radius 2 is 1.92 bits per heavy atom. The fourth-order valence-corrected chi connectivity index (χ4v) is 6.20. The summed E-state index contributed by atoms with van der Waals surface area (Å²) in [4.78, 5) is 14.9. The number of ether oxygens (including phenoxy) is 2. The van der Waals surface area contributed by atoms with E-state index in [1.54, 1.807) is 6.20 Å². The van der Waals surface area contributed by atoms with E-state index in [2.05, 4.69) is 14.7 Å². The number of aliphatic hydroxyl groups is 1. The van der Waals surface area contributed by atoms with Gasteiger partial charge in [0.2, 0.25) is 0 Å². The van der Waals surface area contributed by atoms with Gasteiger partial charge in [-0.1, -0.05) is 0 Å². The second-order valence-corrected chi connectivity index (χ2v) is 10.5. The molecule has 4 N–H and O–H groups in total. The van der Waals surface area contributed by atoms with Gasteiger partial charge in [0.25, 0.3) is 0 Å². The summed E-state index contributed by atoms with van der Waals surface area (Å²) in [6, 6.07) is 5.69. The lowest BCUT2D eigenvalue weighted by molar-refractivity contribution is -0.274. The van der Waals surface area contributed by atoms with Crippen molar-refractivity contribution in [2.45, 2.75) is 68.6 Å². The molecule has 4 aliphatic rings. The Bertz CT molecular complexity index is 1270. The zero-order valence-corrected chi connectivity index (χ0v) is 20.3. The van der Waals surface area contributed by atoms with Crippen molar-refractivity contribution in [3.05, 3.63) is 47.4 Å². The van der Waals surface area contributed by atoms with Crippen LogP contribution in [0.1, 0.15) is 67.6 Å². The zero-order valence-electron chi connectivity index (χ0n) is 20.3. The maximum atomic E-state index is 12.5. The summed E-state index contributed by atoms with van der Waals surface area (Å²) in [5.41, 5.74) is 9.19. The Morgan fingerprint density at radius 1 is 1.16 bits per heavy atom. The van der Waals surface area contributed by atoms with Crippen LogP contribution in [-0.2, 0) is 10.2 Å². The van der Waals surface area contributed by atoms with Crippen molar-refractivity contribution >= 4 is 16.9 Å². The van der Waals surface area contributed by atoms with Crippen molar-refractivity contribution in [1.29, 1.82) is 0 Å². The van der Waals surface area contributed by atoms with Crippen LogP contribution in [0.25, 0.3) is 11.2 Å². The number of piperidine rings is 1. The number of aromatic amines is 1. The average molecular weight is 518 g/mol. The van der Waals surface area contributed by atoms with E-state index in [9.17, 15) is 18.3 Å². The van der Waals surface area contributed by atoms with Gasteiger partial charge in [-0.2, -0.15) is 0 Å². The third kappa shape index (κ3) is 4.64. The molecular weight excluding hydrogens is 487 g/mol. The van der Waals surface area contributed by atoms with Crippen LogP contribution in [-0.4, -0.2) is 57.1 Å². The largest absolute Gasteiger partial charge is 0.573 e. The normalized spacial score (nSPS) is 26.0. The number of nitrogens with zero attached hydrogens (tertiary/aromatic N) is 3. The second kappa shape index (κ2) is 9.14. The predicted octanol–water partition coefficient (Wildman–Crippen LogP) is 4.52. The molecule has 0 radical (unpaired) electrons. The number of aliphatic hydroxyl groups excluding tert-OH is 1. The van der Waals surface area contributed by atoms with Crippen LogP contribution in [0.3, 0.4) is 0 Å². The van der Waals surface area contributed by atoms with Crippen molar-refractivity contribution in [3.8, 4) is 5.75 Å². The van der Waals surface area contributed by atoms with Gasteiger partial charge >= 0.3 is 6.36 Å². The highest BCUT2D eigenvalue weighted by atomic mass is 19.4. The van der Waals surface area contributed by atoms with Gasteiger partial charge in [0, 0.05) is 36.6 Å². The van der Waals surface area contributed by atoms with Gasteiger partial charge in [-0.05, 0) is 68.2 Å². The van der Waals surface area contributed by atoms with E-state index in [1.165, 1.54) is 17.7 Å². The molecule has 2 aromatic heterocycles. The quantitative estimate of drug-likeness (QED) is 0.427. The molecule has 1 aliphatic carbocycles. The first-order valence-electron chi connectivity index (χ1n) is 12.7. The number of nitrogen functional groups attached to an aromatic ring is 1. The number of anilines is 1. The molecule has 0 amide bonds. The molecule has 37 heavy (non-hydrogen) atoms. The van der Waals surface area contributed by atoms with Crippen LogP contribution in [0.15, 0.2) is 30.5 Å². The molecule has 3 aliphatic heterocycles. The molecule has 1 aromatic carbocycles. The summed E-state index contributed by atoms with van der Waals surface area (Å²) in [7, 11) is 0. The van der Waals surface area contributed by atoms with E-state index in [4.69, 9.17) is 15.5 Å². The first kappa shape index (κ1) is 24.4. The summed E-state index contributed by atoms with van der Waals surface area (Å²) in [5.74, 6) is 0.826. The Balaban J connectivity index is 1.16. The SMILES string of the molecule is Nc1cc(OC(F)(F)F)ccc1C(O)N1CCC(c2ccnc3nc(C45CCC(CC4)OC5)[nH]c23)CC1. The van der Waals surface area contributed by atoms with Crippen LogP contribution in [0.2, 0.25) is 0 Å². The van der Waals surface area contributed by atoms with Crippen molar-refractivity contribution in [1.82, 2.24) is 19.9 Å². The molecule has 7 rings (SSSR count). The van der Waals surface area contributed by atoms with E-state index in [0.29, 0.717) is 31.4 Å². The molecule has 1 saturated carbocycles. The molecule has 3 saturated heterocycles. The minimum Gasteiger partial charge on any atom is -0.406 e. The number of hydrogen-bond acceptors (Lipinski definition) is 7. The number of pyridine rings is 1. The summed E-state index contributed by atoms with van der Waals surface area (Å²) in [5, 5.41) is 10.9. The smallest absolute Gasteiger partial charge is 0.406 e. The topological polar surface area (TPSA) is 110 Å². The number of imidazole rings is 1. The molecule has 0 spiro atoms. The molecule has 11 heteroatoms. The zero-order chi connectivity index (χ0) is 25.8. The van der Waals surface area contributed by atoms with Crippen molar-refractivity contribution in [2.24, 2.45) is 0 Å². The maximum absolute atomic E-state index is 12.5. The number of aromatic nitrogens is 3. The van der Waals surface area contributed by atoms with E-state index < -0.39 is 18.3 Å². The lowest BCUT2D eigenvalue weighted by Crippen LogP contribution is -2.46. The van der Waals surface area contributed by atoms with Crippen LogP contribution >= 0.6 is 0 Å². The Kier molecular flexibility index (Phi) is 6.04. The van der Waals surface area contributed by atoms with Crippen LogP contribution in [0.5, 0.6) is 5.75 Å². The number of H-pyrrole nitrogens is 1. The number of alkyl halides is 3. The van der Waals surface area contributed by atoms with E-state index >= 15 is 0 Å². The molecule has 2 bridgehead atoms. The molecule has 8 nitrogen and oxygen atoms in total. The summed E-state index contributed by atoms with van der Waals surface area (Å²) in [6.45, 7) is 1.92. The first-order valence-corrected chi connectivity index (χ1v) is 12.7. The van der Waals surface area contributed by atoms with E-state index in [0.717, 1.165) is 61.6 Å². The predicted molar refractivity (Wildman–Crippen MR) is 130 cm³/mol. The number of halogens is 3. The fourth-order valence-electron chi connectivity index (χ4n) is 6.20. The number of nitrogens with two attached hydrogens (primary N) is 1. The number of likely N-dealkylation sites (tertiary alicyclic amines) is 1. The monoisotopic (exact) mass is 517 g/mol. The molecular formula is C26H30F3N5O3. The van der Waals surface area contributed by atoms with Gasteiger partial charge in [-0.25, -0.2) is 9.97 Å². The number of nitrogens with one attached hydrogen (secondary N) is 1. The van der Waals surface area contributed by atoms with Gasteiger partial charge in [0.05, 0.1) is 23.6 Å². The fraction of sp³-hybridized carbons (Fsp3) is 0.538. The molecule has 5 heterocycles. The highest BCUT2D eigenvalue weighted by Gasteiger charge is 2.45. The molecule has 3 aromatic rings. The van der Waals surface area contributed by atoms with Crippen LogP contribution in [0.4, 0.5) is 18.9 Å². The first-order chi connectivity index (χ1) is 17.7. The Labute approximate surface area is 212 Å². The Hall–Kier alpha value is -2.89. The number of fused-ring (bicyclic) bond motifs is 4. The number of benzene rings is 1. The van der Waals surface area contributed by atoms with Crippen molar-refractivity contribution in [3.63, 3.8) is 0 Å². The van der Waals surface area contributed by atoms with Crippen molar-refractivity contribution in [2.75, 3.05) is 25.4 Å². The summed E-state index contributed by atoms with van der Waals surface area (Å²) >= 11 is 0. The average Bonchev–Trinajstić information content (AvgIpc) is 3.34. The third-order valence-electron chi connectivity index (χ3n) is 8.30. The number of rotatable bonds is 5. The lowest BCUT2D eigenvalue weighted by Gasteiger charge is -2.44. The van der Waals surface area contributed by atoms with Gasteiger partial charge in [-0.3, -0.25) is 4.90 Å². The summed E-state index contributed by atoms with van der Waals surface area (Å²) < 4.78 is 47.4. The van der Waals surface area contributed by atoms with E-state index in [1.807, 2.05) is 11.0 Å². The molecule has 4 fully saturated rings. The van der Waals surface area contributed by atoms with Crippen LogP contribution in [0, 0.1) is 0 Å². The van der Waals surface area contributed by atoms with Gasteiger partial charge in [0.1, 0.15) is 17.8 Å². The van der Waals surface area contributed by atoms with Gasteiger partial charge in [-0.15, -0.1) is 13.2 Å². The van der Waals surface area contributed by atoms with Crippen LogP contribution < -0.4 is 10.5 Å². The molecule has 1 atom stereocenters. The van der Waals surface area contributed by atoms with Gasteiger partial charge in [0.15, 0.2) is 5.65 Å². The standard InChI is InChI=1S/C26H30F3N5O3/c27-26(28,29)37-17-1-2-19(20(30)13-17)23(35)34-11-6-15(7-12-34)18-5-10-31-22-21(18)32-24(33-22)25-8-3-16(4-9-25)36-14-25/h1-2,5,10,13,15-16,23,35H,3-4,6-9,11-12,14,30H2,(H,31,32,33). The number of hydrogen-bond donors (Lipinski definition) is 3. The molecule has 198 valence electrons. The highest BCUT2D eigenvalue weighted by molar-refractivity contribution is 5.75. The Morgan fingerprint density at radius 3 is 2.57 bits per heavy atom. The van der Waals surface area contributed by atoms with Crippen molar-refractivity contribution < 1.29 is 27.8 Å². The van der Waals surface area contributed by atoms with E-state index in [-0.39, 0.29) is 17.0 Å². The van der Waals surface area contributed by atoms with Gasteiger partial charge < -0.3 is 25.3 Å². The summed E-state index contributed by atoms with van der Waals surface area (Å²) in [6.07, 6.45) is 2.28. The maximum Gasteiger partial charge on any atom is 0.573 e.